The molecule has 0 bridgehead atoms. The number of benzene rings is 2. The lowest BCUT2D eigenvalue weighted by Gasteiger charge is -2.01. The highest BCUT2D eigenvalue weighted by molar-refractivity contribution is 7.80. The van der Waals surface area contributed by atoms with Gasteiger partial charge in [0, 0.05) is 4.90 Å². The van der Waals surface area contributed by atoms with Gasteiger partial charge in [-0.2, -0.15) is 0 Å². The van der Waals surface area contributed by atoms with Gasteiger partial charge in [-0.1, -0.05) is 30.3 Å². The first-order valence-electron chi connectivity index (χ1n) is 3.96. The Labute approximate surface area is 77.6 Å². The normalized spacial score (nSPS) is 10.5. The fourth-order valence-corrected chi connectivity index (χ4v) is 1.84. The summed E-state index contributed by atoms with van der Waals surface area (Å²) in [7, 11) is 0. The van der Waals surface area contributed by atoms with E-state index >= 15 is 0 Å². The Balaban J connectivity index is 2.89. The fraction of sp³-hybridized carbons (Fsp3) is 0.0909. The zero-order valence-electron chi connectivity index (χ0n) is 6.91. The van der Waals surface area contributed by atoms with Crippen LogP contribution in [0.1, 0.15) is 5.56 Å². The molecule has 2 aromatic carbocycles. The maximum atomic E-state index is 4.42. The number of thiol groups is 1. The Kier molecular flexibility index (Phi) is 1.81. The van der Waals surface area contributed by atoms with Crippen molar-refractivity contribution >= 4 is 23.4 Å². The lowest BCUT2D eigenvalue weighted by Crippen LogP contribution is -1.77. The standard InChI is InChI=1S/C11H10S/c1-8-6-9-4-2-3-5-10(9)11(12)7-8/h2-7,12H,1H3. The van der Waals surface area contributed by atoms with Gasteiger partial charge in [-0.05, 0) is 29.3 Å². The van der Waals surface area contributed by atoms with Gasteiger partial charge >= 0.3 is 0 Å². The van der Waals surface area contributed by atoms with E-state index in [2.05, 4.69) is 49.9 Å². The molecule has 0 saturated carbocycles. The van der Waals surface area contributed by atoms with Crippen LogP contribution in [-0.2, 0) is 0 Å². The molecule has 0 heterocycles. The first kappa shape index (κ1) is 7.69. The Hall–Kier alpha value is -0.950. The Morgan fingerprint density at radius 3 is 2.67 bits per heavy atom. The number of hydrogen-bond donors (Lipinski definition) is 1. The summed E-state index contributed by atoms with van der Waals surface area (Å²) in [6.45, 7) is 2.09. The van der Waals surface area contributed by atoms with E-state index < -0.39 is 0 Å². The van der Waals surface area contributed by atoms with Crippen LogP contribution in [0.4, 0.5) is 0 Å². The van der Waals surface area contributed by atoms with Crippen molar-refractivity contribution in [2.45, 2.75) is 11.8 Å². The summed E-state index contributed by atoms with van der Waals surface area (Å²) in [5, 5.41) is 2.49. The van der Waals surface area contributed by atoms with E-state index in [0.717, 1.165) is 4.90 Å². The second-order valence-electron chi connectivity index (χ2n) is 3.01. The number of rotatable bonds is 0. The smallest absolute Gasteiger partial charge is 0.0121 e. The van der Waals surface area contributed by atoms with Crippen LogP contribution < -0.4 is 0 Å². The monoisotopic (exact) mass is 174 g/mol. The molecule has 0 saturated heterocycles. The van der Waals surface area contributed by atoms with Crippen molar-refractivity contribution < 1.29 is 0 Å². The molecule has 0 radical (unpaired) electrons. The minimum atomic E-state index is 1.06. The molecule has 0 fully saturated rings. The van der Waals surface area contributed by atoms with Gasteiger partial charge in [-0.3, -0.25) is 0 Å². The summed E-state index contributed by atoms with van der Waals surface area (Å²) in [6, 6.07) is 12.6. The van der Waals surface area contributed by atoms with Gasteiger partial charge in [-0.25, -0.2) is 0 Å². The molecule has 2 aromatic rings. The highest BCUT2D eigenvalue weighted by Crippen LogP contribution is 2.23. The predicted molar refractivity (Wildman–Crippen MR) is 55.9 cm³/mol. The summed E-state index contributed by atoms with van der Waals surface area (Å²) >= 11 is 4.42. The zero-order chi connectivity index (χ0) is 8.55. The summed E-state index contributed by atoms with van der Waals surface area (Å²) in [5.41, 5.74) is 1.26. The van der Waals surface area contributed by atoms with Crippen molar-refractivity contribution in [2.75, 3.05) is 0 Å². The van der Waals surface area contributed by atoms with E-state index in [1.807, 2.05) is 6.07 Å². The summed E-state index contributed by atoms with van der Waals surface area (Å²) in [6.07, 6.45) is 0. The lowest BCUT2D eigenvalue weighted by atomic mass is 10.1. The number of hydrogen-bond acceptors (Lipinski definition) is 1. The van der Waals surface area contributed by atoms with Crippen LogP contribution in [0.15, 0.2) is 41.3 Å². The first-order chi connectivity index (χ1) is 5.77. The minimum Gasteiger partial charge on any atom is -0.143 e. The first-order valence-corrected chi connectivity index (χ1v) is 4.40. The van der Waals surface area contributed by atoms with Crippen molar-refractivity contribution in [3.63, 3.8) is 0 Å². The second kappa shape index (κ2) is 2.83. The average molecular weight is 174 g/mol. The van der Waals surface area contributed by atoms with Crippen LogP contribution in [0, 0.1) is 6.92 Å². The predicted octanol–water partition coefficient (Wildman–Crippen LogP) is 3.44. The molecule has 0 N–H and O–H groups in total. The lowest BCUT2D eigenvalue weighted by molar-refractivity contribution is 1.42. The van der Waals surface area contributed by atoms with Crippen LogP contribution in [0.2, 0.25) is 0 Å². The molecule has 0 unspecified atom stereocenters. The van der Waals surface area contributed by atoms with Gasteiger partial charge in [-0.15, -0.1) is 12.6 Å². The van der Waals surface area contributed by atoms with E-state index in [9.17, 15) is 0 Å². The molecule has 60 valence electrons. The second-order valence-corrected chi connectivity index (χ2v) is 3.49. The van der Waals surface area contributed by atoms with Crippen molar-refractivity contribution in [3.8, 4) is 0 Å². The van der Waals surface area contributed by atoms with Gasteiger partial charge in [0.05, 0.1) is 0 Å². The molecule has 0 aromatic heterocycles. The van der Waals surface area contributed by atoms with Gasteiger partial charge in [0.15, 0.2) is 0 Å². The summed E-state index contributed by atoms with van der Waals surface area (Å²) in [4.78, 5) is 1.06. The molecular weight excluding hydrogens is 164 g/mol. The molecule has 12 heavy (non-hydrogen) atoms. The molecule has 0 aliphatic carbocycles. The van der Waals surface area contributed by atoms with E-state index in [1.54, 1.807) is 0 Å². The molecule has 0 nitrogen and oxygen atoms in total. The highest BCUT2D eigenvalue weighted by Gasteiger charge is 1.96. The quantitative estimate of drug-likeness (QED) is 0.581. The summed E-state index contributed by atoms with van der Waals surface area (Å²) < 4.78 is 0. The number of aryl methyl sites for hydroxylation is 1. The molecule has 0 atom stereocenters. The molecule has 0 amide bonds. The summed E-state index contributed by atoms with van der Waals surface area (Å²) in [5.74, 6) is 0. The molecule has 2 rings (SSSR count). The molecule has 0 aliphatic rings. The topological polar surface area (TPSA) is 0 Å². The van der Waals surface area contributed by atoms with Gasteiger partial charge in [0.1, 0.15) is 0 Å². The van der Waals surface area contributed by atoms with E-state index in [-0.39, 0.29) is 0 Å². The van der Waals surface area contributed by atoms with Gasteiger partial charge in [0.2, 0.25) is 0 Å². The fourth-order valence-electron chi connectivity index (χ4n) is 1.44. The van der Waals surface area contributed by atoms with Gasteiger partial charge < -0.3 is 0 Å². The van der Waals surface area contributed by atoms with Crippen LogP contribution in [0.3, 0.4) is 0 Å². The van der Waals surface area contributed by atoms with E-state index in [4.69, 9.17) is 0 Å². The van der Waals surface area contributed by atoms with Crippen LogP contribution in [0.25, 0.3) is 10.8 Å². The third-order valence-electron chi connectivity index (χ3n) is 1.98. The van der Waals surface area contributed by atoms with Crippen LogP contribution >= 0.6 is 12.6 Å². The molecular formula is C11H10S. The average Bonchev–Trinajstić information content (AvgIpc) is 2.04. The largest absolute Gasteiger partial charge is 0.143 e. The Morgan fingerprint density at radius 2 is 1.83 bits per heavy atom. The van der Waals surface area contributed by atoms with Crippen molar-refractivity contribution in [2.24, 2.45) is 0 Å². The minimum absolute atomic E-state index is 1.06. The Morgan fingerprint density at radius 1 is 1.08 bits per heavy atom. The van der Waals surface area contributed by atoms with Crippen LogP contribution in [-0.4, -0.2) is 0 Å². The van der Waals surface area contributed by atoms with Crippen molar-refractivity contribution in [1.82, 2.24) is 0 Å². The van der Waals surface area contributed by atoms with Gasteiger partial charge in [0.25, 0.3) is 0 Å². The van der Waals surface area contributed by atoms with Crippen molar-refractivity contribution in [1.29, 1.82) is 0 Å². The molecule has 0 spiro atoms. The van der Waals surface area contributed by atoms with E-state index in [0.29, 0.717) is 0 Å². The zero-order valence-corrected chi connectivity index (χ0v) is 7.81. The van der Waals surface area contributed by atoms with Crippen LogP contribution in [0.5, 0.6) is 0 Å². The van der Waals surface area contributed by atoms with E-state index in [1.165, 1.54) is 16.3 Å². The third-order valence-corrected chi connectivity index (χ3v) is 2.35. The maximum Gasteiger partial charge on any atom is 0.0121 e. The highest BCUT2D eigenvalue weighted by atomic mass is 32.1. The maximum absolute atomic E-state index is 4.42. The molecule has 0 aliphatic heterocycles. The Bertz CT molecular complexity index is 418. The SMILES string of the molecule is Cc1cc(S)c2ccccc2c1. The molecule has 1 heteroatoms. The number of fused-ring (bicyclic) bond motifs is 1. The third kappa shape index (κ3) is 1.21. The van der Waals surface area contributed by atoms with Crippen molar-refractivity contribution in [3.05, 3.63) is 42.0 Å².